The highest BCUT2D eigenvalue weighted by Crippen LogP contribution is 2.25. The van der Waals surface area contributed by atoms with Gasteiger partial charge in [0.1, 0.15) is 17.1 Å². The van der Waals surface area contributed by atoms with Crippen LogP contribution in [-0.2, 0) is 9.53 Å². The Balaban J connectivity index is 2.12. The summed E-state index contributed by atoms with van der Waals surface area (Å²) in [5.41, 5.74) is 0.956. The molecule has 2 aromatic rings. The summed E-state index contributed by atoms with van der Waals surface area (Å²) in [4.78, 5) is 26.6. The zero-order valence-corrected chi connectivity index (χ0v) is 15.4. The van der Waals surface area contributed by atoms with Crippen LogP contribution in [0.1, 0.15) is 24.2 Å². The highest BCUT2D eigenvalue weighted by Gasteiger charge is 2.22. The Morgan fingerprint density at radius 1 is 1.00 bits per heavy atom. The minimum atomic E-state index is -0.647. The third kappa shape index (κ3) is 4.53. The van der Waals surface area contributed by atoms with E-state index in [4.69, 9.17) is 14.2 Å². The first-order valence-corrected chi connectivity index (χ1v) is 8.24. The van der Waals surface area contributed by atoms with Gasteiger partial charge in [0.05, 0.1) is 14.2 Å². The molecular weight excluding hydrogens is 334 g/mol. The molecule has 0 bridgehead atoms. The van der Waals surface area contributed by atoms with Gasteiger partial charge in [-0.05, 0) is 44.2 Å². The van der Waals surface area contributed by atoms with Crippen LogP contribution in [0, 0.1) is 0 Å². The second-order valence-electron chi connectivity index (χ2n) is 5.84. The Bertz CT molecular complexity index is 758. The SMILES string of the molecule is COc1ccc(OC)c(C(=O)OCC(=O)N(c2ccccc2)C(C)C)c1. The van der Waals surface area contributed by atoms with Crippen molar-refractivity contribution in [2.24, 2.45) is 0 Å². The van der Waals surface area contributed by atoms with Crippen molar-refractivity contribution in [2.45, 2.75) is 19.9 Å². The standard InChI is InChI=1S/C20H23NO5/c1-14(2)21(15-8-6-5-7-9-15)19(22)13-26-20(23)17-12-16(24-3)10-11-18(17)25-4/h5-12,14H,13H2,1-4H3. The minimum absolute atomic E-state index is 0.0741. The average molecular weight is 357 g/mol. The molecule has 0 fully saturated rings. The highest BCUT2D eigenvalue weighted by atomic mass is 16.5. The molecule has 0 aliphatic heterocycles. The molecule has 26 heavy (non-hydrogen) atoms. The van der Waals surface area contributed by atoms with Crippen molar-refractivity contribution in [1.82, 2.24) is 0 Å². The summed E-state index contributed by atoms with van der Waals surface area (Å²) in [6.45, 7) is 3.43. The number of amides is 1. The molecule has 0 unspecified atom stereocenters. The van der Waals surface area contributed by atoms with Gasteiger partial charge in [0.15, 0.2) is 6.61 Å². The molecule has 0 aromatic heterocycles. The number of benzene rings is 2. The van der Waals surface area contributed by atoms with Gasteiger partial charge in [-0.1, -0.05) is 18.2 Å². The fraction of sp³-hybridized carbons (Fsp3) is 0.300. The molecule has 6 nitrogen and oxygen atoms in total. The van der Waals surface area contributed by atoms with Crippen LogP contribution in [0.4, 0.5) is 5.69 Å². The number of carbonyl (C=O) groups is 2. The van der Waals surface area contributed by atoms with Crippen molar-refractivity contribution in [3.63, 3.8) is 0 Å². The molecular formula is C20H23NO5. The van der Waals surface area contributed by atoms with E-state index in [2.05, 4.69) is 0 Å². The maximum absolute atomic E-state index is 12.6. The molecule has 138 valence electrons. The van der Waals surface area contributed by atoms with Gasteiger partial charge in [-0.3, -0.25) is 4.79 Å². The molecule has 2 aromatic carbocycles. The number of para-hydroxylation sites is 1. The normalized spacial score (nSPS) is 10.3. The Morgan fingerprint density at radius 3 is 2.27 bits per heavy atom. The molecule has 0 radical (unpaired) electrons. The second-order valence-corrected chi connectivity index (χ2v) is 5.84. The molecule has 1 amide bonds. The lowest BCUT2D eigenvalue weighted by molar-refractivity contribution is -0.122. The van der Waals surface area contributed by atoms with Gasteiger partial charge in [-0.2, -0.15) is 0 Å². The number of hydrogen-bond acceptors (Lipinski definition) is 5. The third-order valence-electron chi connectivity index (χ3n) is 3.77. The van der Waals surface area contributed by atoms with Crippen LogP contribution >= 0.6 is 0 Å². The zero-order valence-electron chi connectivity index (χ0n) is 15.4. The summed E-state index contributed by atoms with van der Waals surface area (Å²) in [6.07, 6.45) is 0. The van der Waals surface area contributed by atoms with E-state index in [-0.39, 0.29) is 24.1 Å². The summed E-state index contributed by atoms with van der Waals surface area (Å²) in [7, 11) is 2.96. The van der Waals surface area contributed by atoms with E-state index in [1.54, 1.807) is 17.0 Å². The van der Waals surface area contributed by atoms with Crippen molar-refractivity contribution in [3.05, 3.63) is 54.1 Å². The first-order chi connectivity index (χ1) is 12.5. The number of ether oxygens (including phenoxy) is 3. The number of carbonyl (C=O) groups excluding carboxylic acids is 2. The maximum Gasteiger partial charge on any atom is 0.342 e. The van der Waals surface area contributed by atoms with E-state index in [1.165, 1.54) is 20.3 Å². The Morgan fingerprint density at radius 2 is 1.69 bits per heavy atom. The van der Waals surface area contributed by atoms with E-state index < -0.39 is 5.97 Å². The fourth-order valence-electron chi connectivity index (χ4n) is 2.57. The van der Waals surface area contributed by atoms with Crippen LogP contribution in [0.25, 0.3) is 0 Å². The molecule has 0 heterocycles. The van der Waals surface area contributed by atoms with Crippen molar-refractivity contribution >= 4 is 17.6 Å². The number of methoxy groups -OCH3 is 2. The quantitative estimate of drug-likeness (QED) is 0.712. The summed E-state index contributed by atoms with van der Waals surface area (Å²) < 4.78 is 15.5. The lowest BCUT2D eigenvalue weighted by Crippen LogP contribution is -2.39. The van der Waals surface area contributed by atoms with Crippen molar-refractivity contribution in [3.8, 4) is 11.5 Å². The van der Waals surface area contributed by atoms with Crippen molar-refractivity contribution < 1.29 is 23.8 Å². The maximum atomic E-state index is 12.6. The predicted octanol–water partition coefficient (Wildman–Crippen LogP) is 3.30. The average Bonchev–Trinajstić information content (AvgIpc) is 2.66. The van der Waals surface area contributed by atoms with Gasteiger partial charge < -0.3 is 19.1 Å². The lowest BCUT2D eigenvalue weighted by Gasteiger charge is -2.26. The highest BCUT2D eigenvalue weighted by molar-refractivity contribution is 5.98. The van der Waals surface area contributed by atoms with Crippen LogP contribution < -0.4 is 14.4 Å². The van der Waals surface area contributed by atoms with Gasteiger partial charge in [0, 0.05) is 11.7 Å². The first kappa shape index (κ1) is 19.3. The van der Waals surface area contributed by atoms with Gasteiger partial charge >= 0.3 is 5.97 Å². The van der Waals surface area contributed by atoms with E-state index >= 15 is 0 Å². The van der Waals surface area contributed by atoms with Gasteiger partial charge in [-0.15, -0.1) is 0 Å². The Kier molecular flexibility index (Phi) is 6.60. The Hall–Kier alpha value is -3.02. The van der Waals surface area contributed by atoms with Crippen molar-refractivity contribution in [1.29, 1.82) is 0 Å². The predicted molar refractivity (Wildman–Crippen MR) is 98.9 cm³/mol. The molecule has 0 aliphatic carbocycles. The minimum Gasteiger partial charge on any atom is -0.497 e. The number of anilines is 1. The van der Waals surface area contributed by atoms with Crippen LogP contribution in [-0.4, -0.2) is 38.7 Å². The van der Waals surface area contributed by atoms with E-state index in [1.807, 2.05) is 44.2 Å². The number of nitrogens with zero attached hydrogens (tertiary/aromatic N) is 1. The smallest absolute Gasteiger partial charge is 0.342 e. The molecule has 0 atom stereocenters. The molecule has 6 heteroatoms. The largest absolute Gasteiger partial charge is 0.497 e. The fourth-order valence-corrected chi connectivity index (χ4v) is 2.57. The van der Waals surface area contributed by atoms with Gasteiger partial charge in [0.2, 0.25) is 0 Å². The first-order valence-electron chi connectivity index (χ1n) is 8.24. The second kappa shape index (κ2) is 8.89. The third-order valence-corrected chi connectivity index (χ3v) is 3.77. The molecule has 2 rings (SSSR count). The molecule has 0 N–H and O–H groups in total. The summed E-state index contributed by atoms with van der Waals surface area (Å²) in [6, 6.07) is 14.0. The van der Waals surface area contributed by atoms with Crippen LogP contribution in [0.5, 0.6) is 11.5 Å². The van der Waals surface area contributed by atoms with E-state index in [9.17, 15) is 9.59 Å². The van der Waals surface area contributed by atoms with Crippen LogP contribution in [0.3, 0.4) is 0 Å². The van der Waals surface area contributed by atoms with Crippen LogP contribution in [0.15, 0.2) is 48.5 Å². The van der Waals surface area contributed by atoms with Crippen LogP contribution in [0.2, 0.25) is 0 Å². The number of rotatable bonds is 7. The number of esters is 1. The number of hydrogen-bond donors (Lipinski definition) is 0. The van der Waals surface area contributed by atoms with Gasteiger partial charge in [0.25, 0.3) is 5.91 Å². The zero-order chi connectivity index (χ0) is 19.1. The Labute approximate surface area is 153 Å². The molecule has 0 saturated carbocycles. The van der Waals surface area contributed by atoms with Gasteiger partial charge in [-0.25, -0.2) is 4.79 Å². The van der Waals surface area contributed by atoms with E-state index in [0.717, 1.165) is 5.69 Å². The monoisotopic (exact) mass is 357 g/mol. The molecule has 0 saturated heterocycles. The summed E-state index contributed by atoms with van der Waals surface area (Å²) in [5.74, 6) is -0.100. The summed E-state index contributed by atoms with van der Waals surface area (Å²) >= 11 is 0. The lowest BCUT2D eigenvalue weighted by atomic mass is 10.2. The van der Waals surface area contributed by atoms with Crippen molar-refractivity contribution in [2.75, 3.05) is 25.7 Å². The summed E-state index contributed by atoms with van der Waals surface area (Å²) in [5, 5.41) is 0. The molecule has 0 aliphatic rings. The molecule has 0 spiro atoms. The van der Waals surface area contributed by atoms with E-state index in [0.29, 0.717) is 11.5 Å². The topological polar surface area (TPSA) is 65.1 Å².